The van der Waals surface area contributed by atoms with Crippen LogP contribution in [0.2, 0.25) is 0 Å². The second-order valence-corrected chi connectivity index (χ2v) is 7.88. The maximum absolute atomic E-state index is 11.9. The third-order valence-corrected chi connectivity index (χ3v) is 4.58. The molecule has 0 spiro atoms. The molecule has 1 N–H and O–H groups in total. The van der Waals surface area contributed by atoms with Gasteiger partial charge in [-0.3, -0.25) is 0 Å². The van der Waals surface area contributed by atoms with Crippen molar-refractivity contribution in [1.29, 1.82) is 0 Å². The van der Waals surface area contributed by atoms with Gasteiger partial charge in [0.05, 0.1) is 16.3 Å². The van der Waals surface area contributed by atoms with Gasteiger partial charge < -0.3 is 5.32 Å². The van der Waals surface area contributed by atoms with E-state index in [9.17, 15) is 8.42 Å². The zero-order valence-electron chi connectivity index (χ0n) is 11.7. The maximum Gasteiger partial charge on any atom is 0.180 e. The van der Waals surface area contributed by atoms with E-state index in [1.165, 1.54) is 0 Å². The van der Waals surface area contributed by atoms with Crippen LogP contribution >= 0.6 is 0 Å². The van der Waals surface area contributed by atoms with E-state index in [2.05, 4.69) is 26.1 Å². The predicted molar refractivity (Wildman–Crippen MR) is 76.7 cm³/mol. The fourth-order valence-electron chi connectivity index (χ4n) is 1.61. The molecule has 0 saturated heterocycles. The van der Waals surface area contributed by atoms with Crippen LogP contribution in [-0.2, 0) is 9.84 Å². The van der Waals surface area contributed by atoms with E-state index in [4.69, 9.17) is 0 Å². The third-order valence-electron chi connectivity index (χ3n) is 2.79. The van der Waals surface area contributed by atoms with Crippen LogP contribution in [-0.4, -0.2) is 20.7 Å². The molecular weight excluding hydrogens is 246 g/mol. The number of rotatable bonds is 5. The molecule has 0 atom stereocenters. The minimum absolute atomic E-state index is 0.130. The van der Waals surface area contributed by atoms with Crippen LogP contribution in [0.5, 0.6) is 0 Å². The van der Waals surface area contributed by atoms with Crippen molar-refractivity contribution in [3.05, 3.63) is 24.3 Å². The lowest BCUT2D eigenvalue weighted by atomic mass is 9.92. The first kappa shape index (κ1) is 15.0. The maximum atomic E-state index is 11.9. The number of benzene rings is 1. The standard InChI is InChI=1S/C14H23NO2S/c1-5-18(16,17)13-9-7-6-8-12(13)15-11-10-14(2,3)4/h6-9,15H,5,10-11H2,1-4H3. The summed E-state index contributed by atoms with van der Waals surface area (Å²) in [5.74, 6) is 0.130. The molecule has 0 aliphatic heterocycles. The molecule has 1 rings (SSSR count). The molecule has 1 aromatic rings. The van der Waals surface area contributed by atoms with Gasteiger partial charge in [-0.2, -0.15) is 0 Å². The lowest BCUT2D eigenvalue weighted by molar-refractivity contribution is 0.389. The van der Waals surface area contributed by atoms with Crippen molar-refractivity contribution in [2.75, 3.05) is 17.6 Å². The smallest absolute Gasteiger partial charge is 0.180 e. The minimum Gasteiger partial charge on any atom is -0.384 e. The van der Waals surface area contributed by atoms with E-state index in [0.717, 1.165) is 13.0 Å². The van der Waals surface area contributed by atoms with Gasteiger partial charge in [0.25, 0.3) is 0 Å². The first-order valence-electron chi connectivity index (χ1n) is 6.32. The fraction of sp³-hybridized carbons (Fsp3) is 0.571. The van der Waals surface area contributed by atoms with Crippen molar-refractivity contribution in [1.82, 2.24) is 0 Å². The van der Waals surface area contributed by atoms with E-state index in [-0.39, 0.29) is 11.2 Å². The van der Waals surface area contributed by atoms with Crippen molar-refractivity contribution in [2.45, 2.75) is 39.0 Å². The number of hydrogen-bond donors (Lipinski definition) is 1. The molecule has 0 saturated carbocycles. The lowest BCUT2D eigenvalue weighted by Crippen LogP contribution is -2.15. The molecule has 0 unspecified atom stereocenters. The second kappa shape index (κ2) is 5.74. The molecule has 0 radical (unpaired) electrons. The van der Waals surface area contributed by atoms with Crippen molar-refractivity contribution >= 4 is 15.5 Å². The Morgan fingerprint density at radius 1 is 1.17 bits per heavy atom. The molecule has 0 fully saturated rings. The Morgan fingerprint density at radius 2 is 1.78 bits per heavy atom. The summed E-state index contributed by atoms with van der Waals surface area (Å²) in [5.41, 5.74) is 0.953. The van der Waals surface area contributed by atoms with E-state index in [0.29, 0.717) is 10.6 Å². The molecule has 0 aliphatic rings. The molecule has 102 valence electrons. The zero-order chi connectivity index (χ0) is 13.8. The monoisotopic (exact) mass is 269 g/mol. The number of sulfone groups is 1. The van der Waals surface area contributed by atoms with Gasteiger partial charge in [0.15, 0.2) is 9.84 Å². The van der Waals surface area contributed by atoms with Gasteiger partial charge in [0.1, 0.15) is 0 Å². The van der Waals surface area contributed by atoms with Crippen LogP contribution in [0.1, 0.15) is 34.1 Å². The molecule has 3 nitrogen and oxygen atoms in total. The summed E-state index contributed by atoms with van der Waals surface area (Å²) in [4.78, 5) is 0.404. The van der Waals surface area contributed by atoms with Crippen LogP contribution in [0.4, 0.5) is 5.69 Å². The van der Waals surface area contributed by atoms with Gasteiger partial charge in [0.2, 0.25) is 0 Å². The zero-order valence-corrected chi connectivity index (χ0v) is 12.5. The molecule has 0 amide bonds. The van der Waals surface area contributed by atoms with Crippen LogP contribution in [0.15, 0.2) is 29.2 Å². The summed E-state index contributed by atoms with van der Waals surface area (Å²) in [7, 11) is -3.16. The SMILES string of the molecule is CCS(=O)(=O)c1ccccc1NCCC(C)(C)C. The summed E-state index contributed by atoms with van der Waals surface area (Å²) in [6.07, 6.45) is 0.994. The van der Waals surface area contributed by atoms with Gasteiger partial charge in [-0.15, -0.1) is 0 Å². The Kier molecular flexibility index (Phi) is 4.79. The quantitative estimate of drug-likeness (QED) is 0.892. The van der Waals surface area contributed by atoms with E-state index >= 15 is 0 Å². The first-order chi connectivity index (χ1) is 8.26. The highest BCUT2D eigenvalue weighted by atomic mass is 32.2. The fourth-order valence-corrected chi connectivity index (χ4v) is 2.68. The second-order valence-electron chi connectivity index (χ2n) is 5.64. The summed E-state index contributed by atoms with van der Waals surface area (Å²) < 4.78 is 23.9. The highest BCUT2D eigenvalue weighted by Gasteiger charge is 2.16. The summed E-state index contributed by atoms with van der Waals surface area (Å²) >= 11 is 0. The van der Waals surface area contributed by atoms with Crippen molar-refractivity contribution in [2.24, 2.45) is 5.41 Å². The average Bonchev–Trinajstić information content (AvgIpc) is 2.28. The first-order valence-corrected chi connectivity index (χ1v) is 7.97. The Balaban J connectivity index is 2.84. The van der Waals surface area contributed by atoms with Crippen molar-refractivity contribution < 1.29 is 8.42 Å². The number of hydrogen-bond acceptors (Lipinski definition) is 3. The molecule has 18 heavy (non-hydrogen) atoms. The van der Waals surface area contributed by atoms with Crippen molar-refractivity contribution in [3.63, 3.8) is 0 Å². The molecule has 0 aliphatic carbocycles. The summed E-state index contributed by atoms with van der Waals surface area (Å²) in [6, 6.07) is 7.11. The van der Waals surface area contributed by atoms with Gasteiger partial charge in [-0.05, 0) is 24.0 Å². The molecule has 0 bridgehead atoms. The van der Waals surface area contributed by atoms with Gasteiger partial charge in [-0.1, -0.05) is 39.8 Å². The molecule has 4 heteroatoms. The van der Waals surface area contributed by atoms with E-state index in [1.807, 2.05) is 12.1 Å². The normalized spacial score (nSPS) is 12.4. The average molecular weight is 269 g/mol. The van der Waals surface area contributed by atoms with Crippen LogP contribution < -0.4 is 5.32 Å². The summed E-state index contributed by atoms with van der Waals surface area (Å²) in [5, 5.41) is 3.23. The molecule has 0 heterocycles. The molecule has 0 aromatic heterocycles. The molecule has 1 aromatic carbocycles. The van der Waals surface area contributed by atoms with Crippen LogP contribution in [0.25, 0.3) is 0 Å². The third kappa shape index (κ3) is 4.33. The van der Waals surface area contributed by atoms with Crippen LogP contribution in [0.3, 0.4) is 0 Å². The Morgan fingerprint density at radius 3 is 2.33 bits per heavy atom. The number of para-hydroxylation sites is 1. The van der Waals surface area contributed by atoms with E-state index in [1.54, 1.807) is 19.1 Å². The number of anilines is 1. The van der Waals surface area contributed by atoms with Crippen LogP contribution in [0, 0.1) is 5.41 Å². The van der Waals surface area contributed by atoms with Gasteiger partial charge in [-0.25, -0.2) is 8.42 Å². The highest BCUT2D eigenvalue weighted by Crippen LogP contribution is 2.23. The predicted octanol–water partition coefficient (Wildman–Crippen LogP) is 3.33. The van der Waals surface area contributed by atoms with Gasteiger partial charge >= 0.3 is 0 Å². The van der Waals surface area contributed by atoms with Crippen molar-refractivity contribution in [3.8, 4) is 0 Å². The Labute approximate surface area is 111 Å². The van der Waals surface area contributed by atoms with Gasteiger partial charge in [0, 0.05) is 6.54 Å². The largest absolute Gasteiger partial charge is 0.384 e. The number of nitrogens with one attached hydrogen (secondary N) is 1. The highest BCUT2D eigenvalue weighted by molar-refractivity contribution is 7.91. The van der Waals surface area contributed by atoms with E-state index < -0.39 is 9.84 Å². The minimum atomic E-state index is -3.16. The Bertz CT molecular complexity index is 487. The topological polar surface area (TPSA) is 46.2 Å². The Hall–Kier alpha value is -1.03. The lowest BCUT2D eigenvalue weighted by Gasteiger charge is -2.19. The summed E-state index contributed by atoms with van der Waals surface area (Å²) in [6.45, 7) is 8.96. The molecular formula is C14H23NO2S.